The highest BCUT2D eigenvalue weighted by Crippen LogP contribution is 2.36. The number of rotatable bonds is 8. The number of benzene rings is 2. The summed E-state index contributed by atoms with van der Waals surface area (Å²) >= 11 is 0. The molecule has 1 fully saturated rings. The molecule has 1 aliphatic rings. The van der Waals surface area contributed by atoms with E-state index in [1.807, 2.05) is 0 Å². The van der Waals surface area contributed by atoms with Gasteiger partial charge in [-0.2, -0.15) is 0 Å². The van der Waals surface area contributed by atoms with E-state index in [1.165, 1.54) is 25.3 Å². The SMILES string of the molecule is COc1ccc(CC(=O)O)cc1S(=O)(=O)Nc1ccc(-c2nnnn2C2CC2)cc1. The van der Waals surface area contributed by atoms with E-state index in [0.29, 0.717) is 23.1 Å². The summed E-state index contributed by atoms with van der Waals surface area (Å²) in [5, 5.41) is 20.8. The van der Waals surface area contributed by atoms with Crippen molar-refractivity contribution < 1.29 is 23.1 Å². The van der Waals surface area contributed by atoms with E-state index in [4.69, 9.17) is 9.84 Å². The first-order valence-electron chi connectivity index (χ1n) is 9.17. The van der Waals surface area contributed by atoms with Crippen molar-refractivity contribution in [3.63, 3.8) is 0 Å². The highest BCUT2D eigenvalue weighted by Gasteiger charge is 2.28. The molecule has 0 unspecified atom stereocenters. The zero-order chi connectivity index (χ0) is 21.3. The molecule has 1 heterocycles. The Morgan fingerprint density at radius 2 is 1.97 bits per heavy atom. The summed E-state index contributed by atoms with van der Waals surface area (Å²) in [5.41, 5.74) is 1.47. The average molecular weight is 429 g/mol. The van der Waals surface area contributed by atoms with Crippen LogP contribution in [0.25, 0.3) is 11.4 Å². The van der Waals surface area contributed by atoms with Crippen molar-refractivity contribution in [2.75, 3.05) is 11.8 Å². The molecule has 1 saturated carbocycles. The Morgan fingerprint density at radius 1 is 1.23 bits per heavy atom. The molecule has 1 aliphatic carbocycles. The quantitative estimate of drug-likeness (QED) is 0.556. The number of methoxy groups -OCH3 is 1. The number of aromatic nitrogens is 4. The number of hydrogen-bond donors (Lipinski definition) is 2. The number of ether oxygens (including phenoxy) is 1. The first kappa shape index (κ1) is 19.8. The van der Waals surface area contributed by atoms with Crippen LogP contribution in [0.1, 0.15) is 24.4 Å². The molecule has 0 radical (unpaired) electrons. The molecule has 0 atom stereocenters. The Balaban J connectivity index is 1.59. The van der Waals surface area contributed by atoms with Gasteiger partial charge in [0.2, 0.25) is 0 Å². The minimum atomic E-state index is -4.01. The molecule has 156 valence electrons. The van der Waals surface area contributed by atoms with Crippen molar-refractivity contribution in [2.45, 2.75) is 30.2 Å². The van der Waals surface area contributed by atoms with Gasteiger partial charge in [0, 0.05) is 11.3 Å². The molecular formula is C19H19N5O5S. The topological polar surface area (TPSA) is 136 Å². The van der Waals surface area contributed by atoms with Gasteiger partial charge in [-0.1, -0.05) is 6.07 Å². The number of nitrogens with one attached hydrogen (secondary N) is 1. The number of sulfonamides is 1. The van der Waals surface area contributed by atoms with Gasteiger partial charge in [0.05, 0.1) is 19.6 Å². The predicted molar refractivity (Wildman–Crippen MR) is 107 cm³/mol. The number of carbonyl (C=O) groups is 1. The van der Waals surface area contributed by atoms with E-state index < -0.39 is 16.0 Å². The van der Waals surface area contributed by atoms with Gasteiger partial charge in [-0.3, -0.25) is 9.52 Å². The van der Waals surface area contributed by atoms with Crippen molar-refractivity contribution >= 4 is 21.7 Å². The van der Waals surface area contributed by atoms with Crippen LogP contribution < -0.4 is 9.46 Å². The molecule has 3 aromatic rings. The number of hydrogen-bond acceptors (Lipinski definition) is 7. The zero-order valence-corrected chi connectivity index (χ0v) is 16.8. The van der Waals surface area contributed by atoms with Crippen LogP contribution in [0.2, 0.25) is 0 Å². The van der Waals surface area contributed by atoms with Gasteiger partial charge in [-0.25, -0.2) is 13.1 Å². The number of aliphatic carboxylic acids is 1. The number of tetrazole rings is 1. The van der Waals surface area contributed by atoms with Gasteiger partial charge in [0.1, 0.15) is 10.6 Å². The molecule has 30 heavy (non-hydrogen) atoms. The molecule has 1 aromatic heterocycles. The summed E-state index contributed by atoms with van der Waals surface area (Å²) < 4.78 is 35.2. The van der Waals surface area contributed by atoms with Gasteiger partial charge in [-0.15, -0.1) is 5.10 Å². The Labute approximate surface area is 172 Å². The first-order chi connectivity index (χ1) is 14.4. The van der Waals surface area contributed by atoms with E-state index in [-0.39, 0.29) is 17.1 Å². The Morgan fingerprint density at radius 3 is 2.60 bits per heavy atom. The molecule has 0 spiro atoms. The van der Waals surface area contributed by atoms with Crippen LogP contribution >= 0.6 is 0 Å². The first-order valence-corrected chi connectivity index (χ1v) is 10.7. The number of carboxylic acids is 1. The molecule has 11 heteroatoms. The minimum absolute atomic E-state index is 0.122. The van der Waals surface area contributed by atoms with Gasteiger partial charge < -0.3 is 9.84 Å². The van der Waals surface area contributed by atoms with Crippen molar-refractivity contribution in [3.05, 3.63) is 48.0 Å². The highest BCUT2D eigenvalue weighted by molar-refractivity contribution is 7.92. The second kappa shape index (κ2) is 7.75. The van der Waals surface area contributed by atoms with Gasteiger partial charge in [0.15, 0.2) is 5.82 Å². The maximum Gasteiger partial charge on any atom is 0.307 e. The van der Waals surface area contributed by atoms with Gasteiger partial charge >= 0.3 is 5.97 Å². The third kappa shape index (κ3) is 4.10. The van der Waals surface area contributed by atoms with E-state index >= 15 is 0 Å². The lowest BCUT2D eigenvalue weighted by atomic mass is 10.1. The summed E-state index contributed by atoms with van der Waals surface area (Å²) in [6.45, 7) is 0. The number of carboxylic acid groups (broad SMARTS) is 1. The van der Waals surface area contributed by atoms with Crippen LogP contribution in [0.15, 0.2) is 47.4 Å². The molecule has 10 nitrogen and oxygen atoms in total. The lowest BCUT2D eigenvalue weighted by molar-refractivity contribution is -0.136. The number of anilines is 1. The van der Waals surface area contributed by atoms with Crippen LogP contribution in [0.3, 0.4) is 0 Å². The fraction of sp³-hybridized carbons (Fsp3) is 0.263. The highest BCUT2D eigenvalue weighted by atomic mass is 32.2. The van der Waals surface area contributed by atoms with Crippen LogP contribution in [-0.4, -0.2) is 46.8 Å². The monoisotopic (exact) mass is 429 g/mol. The summed E-state index contributed by atoms with van der Waals surface area (Å²) in [6.07, 6.45) is 1.79. The third-order valence-electron chi connectivity index (χ3n) is 4.65. The fourth-order valence-electron chi connectivity index (χ4n) is 3.06. The Kier molecular flexibility index (Phi) is 5.12. The molecule has 2 aromatic carbocycles. The van der Waals surface area contributed by atoms with E-state index in [1.54, 1.807) is 28.9 Å². The molecule has 4 rings (SSSR count). The zero-order valence-electron chi connectivity index (χ0n) is 16.0. The maximum atomic E-state index is 12.9. The lowest BCUT2D eigenvalue weighted by Gasteiger charge is -2.13. The number of nitrogens with zero attached hydrogens (tertiary/aromatic N) is 4. The van der Waals surface area contributed by atoms with Crippen molar-refractivity contribution in [2.24, 2.45) is 0 Å². The third-order valence-corrected chi connectivity index (χ3v) is 6.06. The molecule has 0 bridgehead atoms. The Hall–Kier alpha value is -3.47. The fourth-order valence-corrected chi connectivity index (χ4v) is 4.34. The predicted octanol–water partition coefficient (Wildman–Crippen LogP) is 2.11. The van der Waals surface area contributed by atoms with Crippen molar-refractivity contribution in [3.8, 4) is 17.1 Å². The normalized spacial score (nSPS) is 13.8. The molecular weight excluding hydrogens is 410 g/mol. The minimum Gasteiger partial charge on any atom is -0.495 e. The van der Waals surface area contributed by atoms with Gasteiger partial charge in [-0.05, 0) is 65.2 Å². The molecule has 0 aliphatic heterocycles. The van der Waals surface area contributed by atoms with Crippen LogP contribution in [0.4, 0.5) is 5.69 Å². The van der Waals surface area contributed by atoms with Crippen LogP contribution in [-0.2, 0) is 21.2 Å². The largest absolute Gasteiger partial charge is 0.495 e. The summed E-state index contributed by atoms with van der Waals surface area (Å²) in [5.74, 6) is -0.299. The summed E-state index contributed by atoms with van der Waals surface area (Å²) in [7, 11) is -2.65. The second-order valence-corrected chi connectivity index (χ2v) is 8.57. The van der Waals surface area contributed by atoms with Crippen LogP contribution in [0.5, 0.6) is 5.75 Å². The summed E-state index contributed by atoms with van der Waals surface area (Å²) in [6, 6.07) is 11.3. The van der Waals surface area contributed by atoms with Crippen molar-refractivity contribution in [1.82, 2.24) is 20.2 Å². The molecule has 0 saturated heterocycles. The van der Waals surface area contributed by atoms with Crippen molar-refractivity contribution in [1.29, 1.82) is 0 Å². The van der Waals surface area contributed by atoms with Crippen LogP contribution in [0, 0.1) is 0 Å². The standard InChI is InChI=1S/C19H19N5O5S/c1-29-16-9-2-12(11-18(25)26)10-17(16)30(27,28)21-14-5-3-13(4-6-14)19-20-22-23-24(19)15-7-8-15/h2-6,9-10,15,21H,7-8,11H2,1H3,(H,25,26). The Bertz CT molecular complexity index is 1190. The smallest absolute Gasteiger partial charge is 0.307 e. The average Bonchev–Trinajstić information content (AvgIpc) is 3.44. The lowest BCUT2D eigenvalue weighted by Crippen LogP contribution is -2.15. The van der Waals surface area contributed by atoms with Gasteiger partial charge in [0.25, 0.3) is 10.0 Å². The maximum absolute atomic E-state index is 12.9. The summed E-state index contributed by atoms with van der Waals surface area (Å²) in [4.78, 5) is 10.8. The van der Waals surface area contributed by atoms with E-state index in [0.717, 1.165) is 18.4 Å². The van der Waals surface area contributed by atoms with E-state index in [9.17, 15) is 13.2 Å². The second-order valence-electron chi connectivity index (χ2n) is 6.92. The molecule has 0 amide bonds. The van der Waals surface area contributed by atoms with E-state index in [2.05, 4.69) is 20.2 Å². The molecule has 2 N–H and O–H groups in total.